The van der Waals surface area contributed by atoms with Crippen LogP contribution in [-0.4, -0.2) is 40.4 Å². The van der Waals surface area contributed by atoms with Crippen molar-refractivity contribution in [2.24, 2.45) is 10.9 Å². The Labute approximate surface area is 163 Å². The summed E-state index contributed by atoms with van der Waals surface area (Å²) in [6.07, 6.45) is 6.91. The number of aliphatic imine (C=N–C) groups is 1. The van der Waals surface area contributed by atoms with Crippen LogP contribution in [-0.2, 0) is 19.4 Å². The molecule has 2 rings (SSSR count). The van der Waals surface area contributed by atoms with E-state index >= 15 is 0 Å². The van der Waals surface area contributed by atoms with Crippen LogP contribution < -0.4 is 10.6 Å². The van der Waals surface area contributed by atoms with E-state index in [0.29, 0.717) is 5.92 Å². The Morgan fingerprint density at radius 1 is 1.21 bits per heavy atom. The number of halogens is 1. The van der Waals surface area contributed by atoms with E-state index in [1.165, 1.54) is 25.1 Å². The van der Waals surface area contributed by atoms with Gasteiger partial charge in [0.1, 0.15) is 11.6 Å². The number of aromatic nitrogens is 3. The highest BCUT2D eigenvalue weighted by atomic mass is 127. The summed E-state index contributed by atoms with van der Waals surface area (Å²) in [6.45, 7) is 10.2. The van der Waals surface area contributed by atoms with Crippen LogP contribution in [0.3, 0.4) is 0 Å². The van der Waals surface area contributed by atoms with Crippen LogP contribution in [0.1, 0.15) is 58.1 Å². The molecule has 2 N–H and O–H groups in total. The summed E-state index contributed by atoms with van der Waals surface area (Å²) in [5, 5.41) is 15.5. The quantitative estimate of drug-likeness (QED) is 0.292. The monoisotopic (exact) mass is 448 g/mol. The molecule has 6 nitrogen and oxygen atoms in total. The highest BCUT2D eigenvalue weighted by Gasteiger charge is 2.14. The zero-order chi connectivity index (χ0) is 16.5. The van der Waals surface area contributed by atoms with Gasteiger partial charge in [-0.25, -0.2) is 0 Å². The summed E-state index contributed by atoms with van der Waals surface area (Å²) >= 11 is 0. The van der Waals surface area contributed by atoms with Crippen molar-refractivity contribution in [3.8, 4) is 0 Å². The molecule has 0 saturated carbocycles. The molecule has 0 spiro atoms. The molecule has 0 amide bonds. The van der Waals surface area contributed by atoms with Gasteiger partial charge in [0, 0.05) is 39.0 Å². The van der Waals surface area contributed by atoms with Gasteiger partial charge in [0.25, 0.3) is 0 Å². The zero-order valence-corrected chi connectivity index (χ0v) is 17.7. The largest absolute Gasteiger partial charge is 0.357 e. The van der Waals surface area contributed by atoms with Crippen LogP contribution in [0, 0.1) is 5.92 Å². The first-order chi connectivity index (χ1) is 11.2. The molecule has 0 unspecified atom stereocenters. The van der Waals surface area contributed by atoms with Crippen molar-refractivity contribution < 1.29 is 0 Å². The van der Waals surface area contributed by atoms with Gasteiger partial charge in [0.05, 0.1) is 0 Å². The number of nitrogens with zero attached hydrogens (tertiary/aromatic N) is 4. The van der Waals surface area contributed by atoms with E-state index in [9.17, 15) is 0 Å². The van der Waals surface area contributed by atoms with E-state index in [2.05, 4.69) is 51.2 Å². The van der Waals surface area contributed by atoms with Crippen LogP contribution in [0.15, 0.2) is 4.99 Å². The Morgan fingerprint density at radius 3 is 2.79 bits per heavy atom. The van der Waals surface area contributed by atoms with E-state index in [4.69, 9.17) is 0 Å². The fourth-order valence-electron chi connectivity index (χ4n) is 2.80. The summed E-state index contributed by atoms with van der Waals surface area (Å²) in [6, 6.07) is 0. The van der Waals surface area contributed by atoms with Gasteiger partial charge in [-0.15, -0.1) is 34.2 Å². The molecule has 1 aliphatic heterocycles. The van der Waals surface area contributed by atoms with E-state index in [1.807, 2.05) is 0 Å². The molecule has 0 bridgehead atoms. The molecule has 2 heterocycles. The molecule has 0 radical (unpaired) electrons. The van der Waals surface area contributed by atoms with Gasteiger partial charge in [-0.3, -0.25) is 4.99 Å². The molecule has 7 heteroatoms. The Hall–Kier alpha value is -0.860. The second-order valence-corrected chi connectivity index (χ2v) is 6.64. The molecular weight excluding hydrogens is 415 g/mol. The van der Waals surface area contributed by atoms with Crippen molar-refractivity contribution in [1.29, 1.82) is 0 Å². The summed E-state index contributed by atoms with van der Waals surface area (Å²) < 4.78 is 2.34. The fraction of sp³-hybridized carbons (Fsp3) is 0.824. The molecule has 1 aromatic rings. The van der Waals surface area contributed by atoms with Crippen molar-refractivity contribution in [3.05, 3.63) is 11.6 Å². The minimum absolute atomic E-state index is 0. The maximum Gasteiger partial charge on any atom is 0.191 e. The molecule has 0 aliphatic carbocycles. The van der Waals surface area contributed by atoms with Crippen LogP contribution in [0.25, 0.3) is 0 Å². The van der Waals surface area contributed by atoms with Gasteiger partial charge >= 0.3 is 0 Å². The van der Waals surface area contributed by atoms with Gasteiger partial charge < -0.3 is 15.2 Å². The Morgan fingerprint density at radius 2 is 2.04 bits per heavy atom. The van der Waals surface area contributed by atoms with E-state index in [1.54, 1.807) is 0 Å². The number of rotatable bonds is 7. The van der Waals surface area contributed by atoms with E-state index < -0.39 is 0 Å². The highest BCUT2D eigenvalue weighted by molar-refractivity contribution is 14.0. The lowest BCUT2D eigenvalue weighted by molar-refractivity contribution is 0.593. The fourth-order valence-corrected chi connectivity index (χ4v) is 2.80. The van der Waals surface area contributed by atoms with Crippen LogP contribution in [0.5, 0.6) is 0 Å². The smallest absolute Gasteiger partial charge is 0.191 e. The Kier molecular flexibility index (Phi) is 10.3. The highest BCUT2D eigenvalue weighted by Crippen LogP contribution is 2.15. The van der Waals surface area contributed by atoms with Gasteiger partial charge in [0.2, 0.25) is 0 Å². The molecule has 1 aromatic heterocycles. The standard InChI is InChI=1S/C17H32N6.HI/c1-4-18-17(20-13-14(2)3)19-11-8-10-16-22-21-15-9-6-5-7-12-23(15)16;/h14H,4-13H2,1-3H3,(H2,18,19,20);1H. The second kappa shape index (κ2) is 11.7. The van der Waals surface area contributed by atoms with E-state index in [-0.39, 0.29) is 24.0 Å². The normalized spacial score (nSPS) is 14.8. The summed E-state index contributed by atoms with van der Waals surface area (Å²) in [7, 11) is 0. The van der Waals surface area contributed by atoms with Crippen LogP contribution >= 0.6 is 24.0 Å². The van der Waals surface area contributed by atoms with Crippen LogP contribution in [0.2, 0.25) is 0 Å². The molecule has 0 fully saturated rings. The van der Waals surface area contributed by atoms with Crippen LogP contribution in [0.4, 0.5) is 0 Å². The number of hydrogen-bond donors (Lipinski definition) is 2. The number of fused-ring (bicyclic) bond motifs is 1. The predicted octanol–water partition coefficient (Wildman–Crippen LogP) is 2.77. The maximum absolute atomic E-state index is 4.59. The second-order valence-electron chi connectivity index (χ2n) is 6.64. The number of guanidine groups is 1. The minimum Gasteiger partial charge on any atom is -0.357 e. The summed E-state index contributed by atoms with van der Waals surface area (Å²) in [5.41, 5.74) is 0. The molecule has 0 saturated heterocycles. The first kappa shape index (κ1) is 21.2. The average molecular weight is 448 g/mol. The third-order valence-electron chi connectivity index (χ3n) is 4.01. The average Bonchev–Trinajstić information content (AvgIpc) is 2.76. The Bertz CT molecular complexity index is 497. The molecule has 0 aromatic carbocycles. The minimum atomic E-state index is 0. The van der Waals surface area contributed by atoms with Crippen molar-refractivity contribution in [3.63, 3.8) is 0 Å². The van der Waals surface area contributed by atoms with Crippen molar-refractivity contribution >= 4 is 29.9 Å². The lowest BCUT2D eigenvalue weighted by Crippen LogP contribution is -2.38. The molecule has 138 valence electrons. The third-order valence-corrected chi connectivity index (χ3v) is 4.01. The lowest BCUT2D eigenvalue weighted by atomic mass is 10.2. The maximum atomic E-state index is 4.59. The van der Waals surface area contributed by atoms with Gasteiger partial charge in [-0.1, -0.05) is 20.3 Å². The molecular formula is C17H33IN6. The first-order valence-corrected chi connectivity index (χ1v) is 9.13. The number of aryl methyl sites for hydroxylation is 2. The summed E-state index contributed by atoms with van der Waals surface area (Å²) in [5.74, 6) is 3.82. The third kappa shape index (κ3) is 6.94. The molecule has 1 aliphatic rings. The Balaban J connectivity index is 0.00000288. The van der Waals surface area contributed by atoms with Gasteiger partial charge in [-0.2, -0.15) is 0 Å². The summed E-state index contributed by atoms with van der Waals surface area (Å²) in [4.78, 5) is 4.59. The zero-order valence-electron chi connectivity index (χ0n) is 15.3. The van der Waals surface area contributed by atoms with Crippen molar-refractivity contribution in [2.75, 3.05) is 19.6 Å². The van der Waals surface area contributed by atoms with E-state index in [0.717, 1.165) is 57.2 Å². The first-order valence-electron chi connectivity index (χ1n) is 9.13. The number of hydrogen-bond acceptors (Lipinski definition) is 3. The van der Waals surface area contributed by atoms with Crippen molar-refractivity contribution in [1.82, 2.24) is 25.4 Å². The molecule has 0 atom stereocenters. The van der Waals surface area contributed by atoms with Crippen molar-refractivity contribution in [2.45, 2.75) is 65.8 Å². The number of nitrogens with one attached hydrogen (secondary N) is 2. The molecule has 24 heavy (non-hydrogen) atoms. The SMILES string of the molecule is CCNC(=NCC(C)C)NCCCc1nnc2n1CCCCC2.I. The lowest BCUT2D eigenvalue weighted by Gasteiger charge is -2.12. The topological polar surface area (TPSA) is 67.1 Å². The van der Waals surface area contributed by atoms with Gasteiger partial charge in [-0.05, 0) is 32.1 Å². The predicted molar refractivity (Wildman–Crippen MR) is 110 cm³/mol. The van der Waals surface area contributed by atoms with Gasteiger partial charge in [0.15, 0.2) is 5.96 Å².